The van der Waals surface area contributed by atoms with Gasteiger partial charge in [0.2, 0.25) is 0 Å². The summed E-state index contributed by atoms with van der Waals surface area (Å²) in [5.74, 6) is 0. The van der Waals surface area contributed by atoms with E-state index in [0.29, 0.717) is 0 Å². The minimum Gasteiger partial charge on any atom is -0.309 e. The van der Waals surface area contributed by atoms with Gasteiger partial charge in [-0.25, -0.2) is 0 Å². The van der Waals surface area contributed by atoms with Gasteiger partial charge in [0, 0.05) is 51.2 Å². The fourth-order valence-electron chi connectivity index (χ4n) is 15.7. The molecule has 0 saturated heterocycles. The number of rotatable bonds is 9. The van der Waals surface area contributed by atoms with Crippen molar-refractivity contribution in [2.45, 2.75) is 41.0 Å². The molecule has 1 aliphatic carbocycles. The van der Waals surface area contributed by atoms with E-state index in [1.807, 2.05) is 41.7 Å². The van der Waals surface area contributed by atoms with Crippen molar-refractivity contribution < 1.29 is 0 Å². The zero-order chi connectivity index (χ0) is 79.1. The molecule has 558 valence electrons. The van der Waals surface area contributed by atoms with Gasteiger partial charge in [0.15, 0.2) is 0 Å². The minimum absolute atomic E-state index is 0.798. The van der Waals surface area contributed by atoms with Crippen molar-refractivity contribution in [3.63, 3.8) is 0 Å². The first kappa shape index (κ1) is 77.3. The molecule has 20 rings (SSSR count). The van der Waals surface area contributed by atoms with E-state index in [1.54, 1.807) is 0 Å². The van der Waals surface area contributed by atoms with Crippen LogP contribution in [0, 0.1) is 34.6 Å². The maximum atomic E-state index is 6.95. The molecule has 0 unspecified atom stereocenters. The minimum atomic E-state index is 0.798. The van der Waals surface area contributed by atoms with Crippen LogP contribution in [0.2, 0.25) is 20.1 Å². The molecule has 0 radical (unpaired) electrons. The Morgan fingerprint density at radius 3 is 1.24 bits per heavy atom. The average molecular weight is 1650 g/mol. The van der Waals surface area contributed by atoms with Gasteiger partial charge in [-0.05, 0) is 259 Å². The second-order valence-corrected chi connectivity index (χ2v) is 32.4. The van der Waals surface area contributed by atoms with Gasteiger partial charge in [-0.2, -0.15) is 0 Å². The van der Waals surface area contributed by atoms with Crippen LogP contribution in [0.3, 0.4) is 0 Å². The van der Waals surface area contributed by atoms with E-state index in [0.717, 1.165) is 69.8 Å². The topological polar surface area (TPSA) is 4.93 Å². The number of thiophene rings is 1. The third-order valence-electron chi connectivity index (χ3n) is 21.8. The van der Waals surface area contributed by atoms with E-state index in [1.165, 1.54) is 148 Å². The molecule has 7 heteroatoms. The van der Waals surface area contributed by atoms with Gasteiger partial charge >= 0.3 is 0 Å². The standard InChI is InChI=1S/C25H19Br.C25H18ClN.C25H19Cl.C19H13ClS.C14H11Cl/c1-18-24(16-23(17-25(18)26)20-11-6-3-7-12-20)22-14-8-13-21(15-22)19-9-4-2-5-10-19;1-17-21(18-10-4-2-5-11-18)16-23-24(25(17)26)20-14-8-9-15-22(20)27(23)19-12-6-3-7-13-19;1-18-24(16-23(17-25(18)26)20-11-6-3-7-12-20)22-14-8-13-21(15-22)19-9-4-2-5-10-19;1-12-15(13-7-3-2-4-8-13)11-17-18(19(12)20)14-9-5-6-10-16(14)21-17;1-9-12-7-3-5-10-4-2-6-11(14(10)12)8-13(9)15/h2-17H,1H3;2-16H,1H3;2-17H,1H3;2-11H,1H3;2-5,7-8H,6H2,1H3. The van der Waals surface area contributed by atoms with Crippen LogP contribution >= 0.6 is 73.7 Å². The third kappa shape index (κ3) is 16.5. The van der Waals surface area contributed by atoms with Crippen LogP contribution < -0.4 is 0 Å². The van der Waals surface area contributed by atoms with E-state index in [9.17, 15) is 0 Å². The second-order valence-electron chi connectivity index (χ2n) is 28.9. The molecule has 0 aliphatic heterocycles. The summed E-state index contributed by atoms with van der Waals surface area (Å²) < 4.78 is 5.99. The van der Waals surface area contributed by atoms with E-state index in [2.05, 4.69) is 407 Å². The van der Waals surface area contributed by atoms with Crippen molar-refractivity contribution in [3.8, 4) is 94.7 Å². The van der Waals surface area contributed by atoms with E-state index in [4.69, 9.17) is 46.4 Å². The summed E-state index contributed by atoms with van der Waals surface area (Å²) in [6.07, 6.45) is 5.39. The Balaban J connectivity index is 0.000000109. The number of halogens is 5. The number of hydrogen-bond acceptors (Lipinski definition) is 1. The fraction of sp³-hybridized carbons (Fsp3) is 0.0556. The monoisotopic (exact) mass is 1640 g/mol. The molecule has 0 N–H and O–H groups in total. The van der Waals surface area contributed by atoms with Gasteiger partial charge in [-0.15, -0.1) is 11.3 Å². The van der Waals surface area contributed by atoms with Gasteiger partial charge in [0.25, 0.3) is 0 Å². The molecule has 0 spiro atoms. The molecular formula is C108H80BrCl4NS. The number of aromatic nitrogens is 1. The van der Waals surface area contributed by atoms with E-state index < -0.39 is 0 Å². The smallest absolute Gasteiger partial charge is 0.0562 e. The van der Waals surface area contributed by atoms with E-state index in [-0.39, 0.29) is 0 Å². The van der Waals surface area contributed by atoms with Crippen LogP contribution in [0.15, 0.2) is 381 Å². The van der Waals surface area contributed by atoms with Crippen molar-refractivity contribution in [2.75, 3.05) is 0 Å². The molecule has 19 aromatic rings. The predicted octanol–water partition coefficient (Wildman–Crippen LogP) is 33.9. The number of benzene rings is 17. The molecule has 17 aromatic carbocycles. The van der Waals surface area contributed by atoms with Crippen LogP contribution in [0.1, 0.15) is 38.9 Å². The van der Waals surface area contributed by atoms with Crippen molar-refractivity contribution in [3.05, 3.63) is 440 Å². The number of allylic oxidation sites excluding steroid dienone is 1. The summed E-state index contributed by atoms with van der Waals surface area (Å²) in [4.78, 5) is 0. The highest BCUT2D eigenvalue weighted by Gasteiger charge is 2.21. The van der Waals surface area contributed by atoms with Gasteiger partial charge in [0.05, 0.1) is 21.1 Å². The Kier molecular flexibility index (Phi) is 23.6. The third-order valence-corrected chi connectivity index (χ3v) is 25.4. The van der Waals surface area contributed by atoms with Crippen molar-refractivity contribution in [1.29, 1.82) is 0 Å². The largest absolute Gasteiger partial charge is 0.309 e. The molecule has 2 heterocycles. The lowest BCUT2D eigenvalue weighted by Gasteiger charge is -2.15. The Morgan fingerprint density at radius 1 is 0.278 bits per heavy atom. The molecule has 2 aromatic heterocycles. The second kappa shape index (κ2) is 35.0. The lowest BCUT2D eigenvalue weighted by Crippen LogP contribution is -1.94. The lowest BCUT2D eigenvalue weighted by molar-refractivity contribution is 1.18. The quantitative estimate of drug-likeness (QED) is 0.136. The Bertz CT molecular complexity index is 6580. The fourth-order valence-corrected chi connectivity index (χ4v) is 18.4. The normalized spacial score (nSPS) is 11.3. The zero-order valence-electron chi connectivity index (χ0n) is 64.3. The molecule has 0 amide bonds. The summed E-state index contributed by atoms with van der Waals surface area (Å²) in [7, 11) is 0. The van der Waals surface area contributed by atoms with Crippen LogP contribution in [-0.2, 0) is 6.42 Å². The maximum Gasteiger partial charge on any atom is 0.0562 e. The summed E-state index contributed by atoms with van der Waals surface area (Å²) >= 11 is 32.0. The number of nitrogens with zero attached hydrogens (tertiary/aromatic N) is 1. The molecular weight excluding hydrogens is 1560 g/mol. The summed E-state index contributed by atoms with van der Waals surface area (Å²) in [5, 5.41) is 10.8. The predicted molar refractivity (Wildman–Crippen MR) is 505 cm³/mol. The highest BCUT2D eigenvalue weighted by molar-refractivity contribution is 9.10. The summed E-state index contributed by atoms with van der Waals surface area (Å²) in [6, 6.07) is 129. The molecule has 0 atom stereocenters. The summed E-state index contributed by atoms with van der Waals surface area (Å²) in [6.45, 7) is 10.6. The first-order valence-electron chi connectivity index (χ1n) is 38.6. The zero-order valence-corrected chi connectivity index (χ0v) is 69.8. The SMILES string of the molecule is Cc1c(-c2ccccc2)cc2c(c1Cl)c1ccccc1n2-c1ccccc1.Cc1c(-c2ccccc2)cc2sc3ccccc3c2c1Cl.Cc1c(Br)cc(-c2ccccc2)cc1-c1cccc(-c2ccccc2)c1.Cc1c(Cl)cc(-c2ccccc2)cc1-c1cccc(-c2ccccc2)c1.Cc1c(Cl)cc2c3c(cccc13)C=CC2. The molecule has 115 heavy (non-hydrogen) atoms. The summed E-state index contributed by atoms with van der Waals surface area (Å²) in [5.41, 5.74) is 31.3. The number of para-hydroxylation sites is 2. The molecule has 0 bridgehead atoms. The number of fused-ring (bicyclic) bond motifs is 6. The Morgan fingerprint density at radius 2 is 0.687 bits per heavy atom. The van der Waals surface area contributed by atoms with Crippen molar-refractivity contribution >= 4 is 132 Å². The van der Waals surface area contributed by atoms with Crippen LogP contribution in [-0.4, -0.2) is 4.57 Å². The van der Waals surface area contributed by atoms with Crippen LogP contribution in [0.25, 0.3) is 154 Å². The molecule has 1 aliphatic rings. The van der Waals surface area contributed by atoms with Crippen molar-refractivity contribution in [1.82, 2.24) is 4.57 Å². The Labute approximate surface area is 706 Å². The molecule has 0 fully saturated rings. The van der Waals surface area contributed by atoms with Crippen molar-refractivity contribution in [2.24, 2.45) is 0 Å². The highest BCUT2D eigenvalue weighted by atomic mass is 79.9. The lowest BCUT2D eigenvalue weighted by atomic mass is 9.91. The number of aryl methyl sites for hydroxylation is 1. The van der Waals surface area contributed by atoms with E-state index >= 15 is 0 Å². The highest BCUT2D eigenvalue weighted by Crippen LogP contribution is 2.46. The van der Waals surface area contributed by atoms with Gasteiger partial charge in [-0.3, -0.25) is 0 Å². The average Bonchev–Trinajstić information content (AvgIpc) is 1.49. The van der Waals surface area contributed by atoms with Gasteiger partial charge in [0.1, 0.15) is 0 Å². The van der Waals surface area contributed by atoms with Crippen LogP contribution in [0.5, 0.6) is 0 Å². The maximum absolute atomic E-state index is 6.95. The first-order valence-corrected chi connectivity index (χ1v) is 41.7. The molecule has 0 saturated carbocycles. The Hall–Kier alpha value is -11.6. The van der Waals surface area contributed by atoms with Crippen LogP contribution in [0.4, 0.5) is 0 Å². The van der Waals surface area contributed by atoms with Gasteiger partial charge in [-0.1, -0.05) is 366 Å². The number of hydrogen-bond donors (Lipinski definition) is 0. The first-order chi connectivity index (χ1) is 56.2. The molecule has 1 nitrogen and oxygen atoms in total. The van der Waals surface area contributed by atoms with Gasteiger partial charge < -0.3 is 4.57 Å².